The summed E-state index contributed by atoms with van der Waals surface area (Å²) in [5.41, 5.74) is 0. The highest BCUT2D eigenvalue weighted by Gasteiger charge is 2.41. The average Bonchev–Trinajstić information content (AvgIpc) is 2.30. The molecule has 0 unspecified atom stereocenters. The van der Waals surface area contributed by atoms with Crippen LogP contribution in [0.1, 0.15) is 20.3 Å². The maximum Gasteiger partial charge on any atom is 0.232 e. The number of amides is 2. The molecule has 1 saturated heterocycles. The molecule has 1 aliphatic rings. The van der Waals surface area contributed by atoms with Gasteiger partial charge in [-0.25, -0.2) is 0 Å². The van der Waals surface area contributed by atoms with Crippen LogP contribution in [0.3, 0.4) is 0 Å². The molecule has 0 bridgehead atoms. The summed E-state index contributed by atoms with van der Waals surface area (Å²) in [5.74, 6) is 0.0516. The summed E-state index contributed by atoms with van der Waals surface area (Å²) in [5, 5.41) is 0. The van der Waals surface area contributed by atoms with Gasteiger partial charge in [-0.05, 0) is 6.42 Å². The van der Waals surface area contributed by atoms with Crippen LogP contribution in [-0.4, -0.2) is 29.1 Å². The Bertz CT molecular complexity index is 210. The smallest absolute Gasteiger partial charge is 0.232 e. The Morgan fingerprint density at radius 1 is 1.23 bits per heavy atom. The van der Waals surface area contributed by atoms with Gasteiger partial charge in [-0.15, -0.1) is 11.6 Å². The summed E-state index contributed by atoms with van der Waals surface area (Å²) >= 11 is 5.50. The van der Waals surface area contributed by atoms with E-state index in [0.29, 0.717) is 18.8 Å². The predicted molar refractivity (Wildman–Crippen MR) is 50.4 cm³/mol. The molecule has 74 valence electrons. The molecule has 4 heteroatoms. The molecule has 0 radical (unpaired) electrons. The zero-order valence-corrected chi connectivity index (χ0v) is 8.67. The molecular formula is C9H14ClNO2. The summed E-state index contributed by atoms with van der Waals surface area (Å²) in [7, 11) is 0. The number of carbonyl (C=O) groups excluding carboxylic acids is 2. The third kappa shape index (κ3) is 1.85. The average molecular weight is 204 g/mol. The van der Waals surface area contributed by atoms with Gasteiger partial charge in [0.15, 0.2) is 0 Å². The van der Waals surface area contributed by atoms with Gasteiger partial charge in [0.1, 0.15) is 0 Å². The second-order valence-electron chi connectivity index (χ2n) is 3.45. The summed E-state index contributed by atoms with van der Waals surface area (Å²) < 4.78 is 0. The van der Waals surface area contributed by atoms with Crippen LogP contribution in [0.4, 0.5) is 0 Å². The minimum absolute atomic E-state index is 0.0531. The summed E-state index contributed by atoms with van der Waals surface area (Å²) in [6, 6.07) is 0. The molecule has 0 aliphatic carbocycles. The number of nitrogens with zero attached hydrogens (tertiary/aromatic N) is 1. The van der Waals surface area contributed by atoms with Crippen molar-refractivity contribution in [1.29, 1.82) is 0 Å². The number of imide groups is 1. The van der Waals surface area contributed by atoms with E-state index in [1.54, 1.807) is 13.8 Å². The molecule has 1 fully saturated rings. The Hall–Kier alpha value is -0.570. The molecule has 0 N–H and O–H groups in total. The zero-order chi connectivity index (χ0) is 10.0. The number of halogens is 1. The van der Waals surface area contributed by atoms with E-state index in [2.05, 4.69) is 0 Å². The van der Waals surface area contributed by atoms with Crippen molar-refractivity contribution in [3.8, 4) is 0 Å². The number of hydrogen-bond donors (Lipinski definition) is 0. The van der Waals surface area contributed by atoms with Gasteiger partial charge in [-0.1, -0.05) is 13.8 Å². The largest absolute Gasteiger partial charge is 0.282 e. The van der Waals surface area contributed by atoms with Gasteiger partial charge < -0.3 is 0 Å². The van der Waals surface area contributed by atoms with Gasteiger partial charge in [0.05, 0.1) is 0 Å². The number of rotatable bonds is 3. The summed E-state index contributed by atoms with van der Waals surface area (Å²) in [6.07, 6.45) is 0.679. The van der Waals surface area contributed by atoms with Gasteiger partial charge in [-0.2, -0.15) is 0 Å². The van der Waals surface area contributed by atoms with Crippen molar-refractivity contribution >= 4 is 23.4 Å². The van der Waals surface area contributed by atoms with Gasteiger partial charge in [-0.3, -0.25) is 14.5 Å². The van der Waals surface area contributed by atoms with Crippen molar-refractivity contribution in [3.05, 3.63) is 0 Å². The van der Waals surface area contributed by atoms with Crippen molar-refractivity contribution < 1.29 is 9.59 Å². The third-order valence-corrected chi connectivity index (χ3v) is 2.84. The second-order valence-corrected chi connectivity index (χ2v) is 3.83. The molecular weight excluding hydrogens is 190 g/mol. The van der Waals surface area contributed by atoms with Crippen molar-refractivity contribution in [2.75, 3.05) is 12.4 Å². The van der Waals surface area contributed by atoms with E-state index >= 15 is 0 Å². The lowest BCUT2D eigenvalue weighted by Crippen LogP contribution is -2.32. The lowest BCUT2D eigenvalue weighted by Gasteiger charge is -2.12. The van der Waals surface area contributed by atoms with Crippen LogP contribution in [0.15, 0.2) is 0 Å². The maximum absolute atomic E-state index is 11.5. The van der Waals surface area contributed by atoms with E-state index in [9.17, 15) is 9.59 Å². The van der Waals surface area contributed by atoms with Crippen LogP contribution in [0, 0.1) is 11.8 Å². The third-order valence-electron chi connectivity index (χ3n) is 2.58. The fourth-order valence-electron chi connectivity index (χ4n) is 1.47. The van der Waals surface area contributed by atoms with Crippen LogP contribution >= 0.6 is 11.6 Å². The zero-order valence-electron chi connectivity index (χ0n) is 7.92. The van der Waals surface area contributed by atoms with Crippen LogP contribution in [0.2, 0.25) is 0 Å². The first-order chi connectivity index (χ1) is 6.09. The monoisotopic (exact) mass is 203 g/mol. The normalized spacial score (nSPS) is 28.7. The lowest BCUT2D eigenvalue weighted by molar-refractivity contribution is -0.139. The van der Waals surface area contributed by atoms with Crippen LogP contribution in [-0.2, 0) is 9.59 Å². The number of hydrogen-bond acceptors (Lipinski definition) is 2. The van der Waals surface area contributed by atoms with Crippen molar-refractivity contribution in [2.45, 2.75) is 20.3 Å². The number of likely N-dealkylation sites (tertiary alicyclic amines) is 1. The van der Waals surface area contributed by atoms with E-state index in [0.717, 1.165) is 0 Å². The number of alkyl halides is 1. The van der Waals surface area contributed by atoms with E-state index in [1.807, 2.05) is 0 Å². The second kappa shape index (κ2) is 4.09. The highest BCUT2D eigenvalue weighted by molar-refractivity contribution is 6.17. The highest BCUT2D eigenvalue weighted by Crippen LogP contribution is 2.25. The van der Waals surface area contributed by atoms with E-state index in [4.69, 9.17) is 11.6 Å². The summed E-state index contributed by atoms with van der Waals surface area (Å²) in [4.78, 5) is 24.3. The first kappa shape index (κ1) is 10.5. The van der Waals surface area contributed by atoms with Crippen LogP contribution < -0.4 is 0 Å². The Balaban J connectivity index is 2.64. The van der Waals surface area contributed by atoms with E-state index in [-0.39, 0.29) is 23.7 Å². The van der Waals surface area contributed by atoms with Gasteiger partial charge in [0.2, 0.25) is 11.8 Å². The first-order valence-electron chi connectivity index (χ1n) is 4.50. The molecule has 0 spiro atoms. The Morgan fingerprint density at radius 3 is 2.08 bits per heavy atom. The Kier molecular flexibility index (Phi) is 3.31. The molecule has 0 saturated carbocycles. The fourth-order valence-corrected chi connectivity index (χ4v) is 1.59. The maximum atomic E-state index is 11.5. The fraction of sp³-hybridized carbons (Fsp3) is 0.778. The standard InChI is InChI=1S/C9H14ClNO2/c1-6-7(2)9(13)11(8(6)12)5-3-4-10/h6-7H,3-5H2,1-2H3/t6-,7-/m1/s1. The molecule has 3 nitrogen and oxygen atoms in total. The summed E-state index contributed by atoms with van der Waals surface area (Å²) in [6.45, 7) is 4.06. The van der Waals surface area contributed by atoms with Gasteiger partial charge >= 0.3 is 0 Å². The molecule has 1 rings (SSSR count). The van der Waals surface area contributed by atoms with Crippen molar-refractivity contribution in [1.82, 2.24) is 4.90 Å². The molecule has 2 atom stereocenters. The first-order valence-corrected chi connectivity index (χ1v) is 5.04. The Morgan fingerprint density at radius 2 is 1.69 bits per heavy atom. The number of carbonyl (C=O) groups is 2. The van der Waals surface area contributed by atoms with Gasteiger partial charge in [0.25, 0.3) is 0 Å². The topological polar surface area (TPSA) is 37.4 Å². The van der Waals surface area contributed by atoms with Crippen molar-refractivity contribution in [2.24, 2.45) is 11.8 Å². The van der Waals surface area contributed by atoms with E-state index < -0.39 is 0 Å². The molecule has 1 aliphatic heterocycles. The van der Waals surface area contributed by atoms with Crippen LogP contribution in [0.5, 0.6) is 0 Å². The van der Waals surface area contributed by atoms with E-state index in [1.165, 1.54) is 4.90 Å². The Labute approximate surface area is 83.0 Å². The molecule has 2 amide bonds. The molecule has 13 heavy (non-hydrogen) atoms. The van der Waals surface area contributed by atoms with Gasteiger partial charge in [0, 0.05) is 24.3 Å². The minimum atomic E-state index is -0.164. The molecule has 0 aromatic rings. The SMILES string of the molecule is C[C@H]1C(=O)N(CCCCl)C(=O)[C@@H]1C. The molecule has 0 aromatic heterocycles. The quantitative estimate of drug-likeness (QED) is 0.512. The lowest BCUT2D eigenvalue weighted by atomic mass is 10.00. The molecule has 1 heterocycles. The van der Waals surface area contributed by atoms with Crippen LogP contribution in [0.25, 0.3) is 0 Å². The highest BCUT2D eigenvalue weighted by atomic mass is 35.5. The minimum Gasteiger partial charge on any atom is -0.282 e. The predicted octanol–water partition coefficient (Wildman–Crippen LogP) is 1.26. The van der Waals surface area contributed by atoms with Crippen molar-refractivity contribution in [3.63, 3.8) is 0 Å². The molecule has 0 aromatic carbocycles.